The van der Waals surface area contributed by atoms with Crippen LogP contribution < -0.4 is 5.32 Å². The number of aliphatic carboxylic acids is 1. The molecule has 4 heteroatoms. The maximum atomic E-state index is 10.9. The van der Waals surface area contributed by atoms with E-state index in [-0.39, 0.29) is 11.9 Å². The van der Waals surface area contributed by atoms with Crippen LogP contribution in [0, 0.1) is 5.92 Å². The van der Waals surface area contributed by atoms with E-state index < -0.39 is 11.9 Å². The molecule has 0 fully saturated rings. The van der Waals surface area contributed by atoms with Crippen LogP contribution in [0.1, 0.15) is 40.0 Å². The number of carboxylic acids is 1. The van der Waals surface area contributed by atoms with Gasteiger partial charge in [-0.3, -0.25) is 9.59 Å². The van der Waals surface area contributed by atoms with Crippen LogP contribution in [0.3, 0.4) is 0 Å². The molecule has 0 heterocycles. The normalized spacial score (nSPS) is 14.5. The van der Waals surface area contributed by atoms with Crippen molar-refractivity contribution in [3.63, 3.8) is 0 Å². The molecular weight excluding hydrogens is 182 g/mol. The molecule has 2 atom stereocenters. The largest absolute Gasteiger partial charge is 0.481 e. The third kappa shape index (κ3) is 4.25. The second-order valence-electron chi connectivity index (χ2n) is 3.45. The Labute approximate surface area is 84.7 Å². The SMILES string of the molecule is CCCC(C(=O)O)C(CC)NC(C)=O. The molecule has 0 bridgehead atoms. The van der Waals surface area contributed by atoms with Gasteiger partial charge in [0.25, 0.3) is 0 Å². The van der Waals surface area contributed by atoms with E-state index >= 15 is 0 Å². The lowest BCUT2D eigenvalue weighted by Gasteiger charge is -2.22. The standard InChI is InChI=1S/C10H19NO3/c1-4-6-8(10(13)14)9(5-2)11-7(3)12/h8-9H,4-6H2,1-3H3,(H,11,12)(H,13,14). The molecule has 2 unspecified atom stereocenters. The fraction of sp³-hybridized carbons (Fsp3) is 0.800. The number of hydrogen-bond donors (Lipinski definition) is 2. The number of rotatable bonds is 6. The molecule has 0 aliphatic carbocycles. The van der Waals surface area contributed by atoms with Crippen molar-refractivity contribution >= 4 is 11.9 Å². The van der Waals surface area contributed by atoms with E-state index in [0.717, 1.165) is 6.42 Å². The minimum atomic E-state index is -0.826. The number of carboxylic acid groups (broad SMARTS) is 1. The highest BCUT2D eigenvalue weighted by Gasteiger charge is 2.26. The van der Waals surface area contributed by atoms with Crippen molar-refractivity contribution in [3.8, 4) is 0 Å². The third-order valence-corrected chi connectivity index (χ3v) is 2.23. The zero-order chi connectivity index (χ0) is 11.1. The first-order valence-electron chi connectivity index (χ1n) is 5.02. The predicted octanol–water partition coefficient (Wildman–Crippen LogP) is 1.40. The Bertz CT molecular complexity index is 204. The molecule has 1 amide bonds. The monoisotopic (exact) mass is 201 g/mol. The molecule has 4 nitrogen and oxygen atoms in total. The molecule has 0 aliphatic heterocycles. The number of carbonyl (C=O) groups is 2. The summed E-state index contributed by atoms with van der Waals surface area (Å²) in [5, 5.41) is 11.6. The zero-order valence-electron chi connectivity index (χ0n) is 9.04. The van der Waals surface area contributed by atoms with Crippen LogP contribution in [-0.4, -0.2) is 23.0 Å². The van der Waals surface area contributed by atoms with Crippen molar-refractivity contribution in [3.05, 3.63) is 0 Å². The summed E-state index contributed by atoms with van der Waals surface area (Å²) >= 11 is 0. The van der Waals surface area contributed by atoms with Crippen molar-refractivity contribution in [2.75, 3.05) is 0 Å². The fourth-order valence-electron chi connectivity index (χ4n) is 1.56. The van der Waals surface area contributed by atoms with E-state index in [1.54, 1.807) is 0 Å². The van der Waals surface area contributed by atoms with E-state index in [9.17, 15) is 9.59 Å². The van der Waals surface area contributed by atoms with Gasteiger partial charge in [0.1, 0.15) is 0 Å². The lowest BCUT2D eigenvalue weighted by atomic mass is 9.93. The van der Waals surface area contributed by atoms with Gasteiger partial charge in [0, 0.05) is 13.0 Å². The first-order chi connectivity index (χ1) is 6.52. The van der Waals surface area contributed by atoms with Gasteiger partial charge in [-0.1, -0.05) is 20.3 Å². The van der Waals surface area contributed by atoms with Crippen LogP contribution in [0.15, 0.2) is 0 Å². The molecule has 0 aromatic carbocycles. The van der Waals surface area contributed by atoms with Gasteiger partial charge in [0.2, 0.25) is 5.91 Å². The van der Waals surface area contributed by atoms with Gasteiger partial charge in [-0.2, -0.15) is 0 Å². The number of hydrogen-bond acceptors (Lipinski definition) is 2. The Morgan fingerprint density at radius 1 is 1.36 bits per heavy atom. The van der Waals surface area contributed by atoms with E-state index in [2.05, 4.69) is 5.32 Å². The van der Waals surface area contributed by atoms with Crippen LogP contribution in [0.2, 0.25) is 0 Å². The van der Waals surface area contributed by atoms with Crippen LogP contribution >= 0.6 is 0 Å². The Hall–Kier alpha value is -1.06. The summed E-state index contributed by atoms with van der Waals surface area (Å²) in [6.07, 6.45) is 2.07. The summed E-state index contributed by atoms with van der Waals surface area (Å²) in [5.74, 6) is -1.46. The smallest absolute Gasteiger partial charge is 0.308 e. The van der Waals surface area contributed by atoms with Crippen molar-refractivity contribution < 1.29 is 14.7 Å². The fourth-order valence-corrected chi connectivity index (χ4v) is 1.56. The summed E-state index contributed by atoms with van der Waals surface area (Å²) in [6.45, 7) is 5.23. The number of amides is 1. The predicted molar refractivity (Wildman–Crippen MR) is 53.9 cm³/mol. The highest BCUT2D eigenvalue weighted by Crippen LogP contribution is 2.14. The lowest BCUT2D eigenvalue weighted by molar-refractivity contribution is -0.143. The topological polar surface area (TPSA) is 66.4 Å². The lowest BCUT2D eigenvalue weighted by Crippen LogP contribution is -2.42. The molecular formula is C10H19NO3. The van der Waals surface area contributed by atoms with Gasteiger partial charge in [-0.05, 0) is 12.8 Å². The van der Waals surface area contributed by atoms with Crippen LogP contribution in [-0.2, 0) is 9.59 Å². The van der Waals surface area contributed by atoms with E-state index in [1.807, 2.05) is 13.8 Å². The summed E-state index contributed by atoms with van der Waals surface area (Å²) in [6, 6.07) is -0.245. The molecule has 82 valence electrons. The van der Waals surface area contributed by atoms with Crippen LogP contribution in [0.4, 0.5) is 0 Å². The molecule has 2 N–H and O–H groups in total. The van der Waals surface area contributed by atoms with Gasteiger partial charge in [-0.15, -0.1) is 0 Å². The molecule has 0 saturated heterocycles. The Morgan fingerprint density at radius 2 is 1.93 bits per heavy atom. The average Bonchev–Trinajstić information content (AvgIpc) is 2.10. The van der Waals surface area contributed by atoms with Gasteiger partial charge < -0.3 is 10.4 Å². The molecule has 0 aromatic rings. The third-order valence-electron chi connectivity index (χ3n) is 2.23. The molecule has 0 saturated carbocycles. The van der Waals surface area contributed by atoms with Gasteiger partial charge >= 0.3 is 5.97 Å². The van der Waals surface area contributed by atoms with Crippen LogP contribution in [0.5, 0.6) is 0 Å². The maximum Gasteiger partial charge on any atom is 0.308 e. The summed E-state index contributed by atoms with van der Waals surface area (Å²) in [4.78, 5) is 21.8. The molecule has 0 rings (SSSR count). The second kappa shape index (κ2) is 6.40. The first kappa shape index (κ1) is 12.9. The molecule has 0 radical (unpaired) electrons. The quantitative estimate of drug-likeness (QED) is 0.682. The van der Waals surface area contributed by atoms with Crippen LogP contribution in [0.25, 0.3) is 0 Å². The Morgan fingerprint density at radius 3 is 2.21 bits per heavy atom. The van der Waals surface area contributed by atoms with Crippen molar-refractivity contribution in [2.24, 2.45) is 5.92 Å². The highest BCUT2D eigenvalue weighted by molar-refractivity contribution is 5.76. The number of carbonyl (C=O) groups excluding carboxylic acids is 1. The van der Waals surface area contributed by atoms with Gasteiger partial charge in [-0.25, -0.2) is 0 Å². The summed E-state index contributed by atoms with van der Waals surface area (Å²) in [5.41, 5.74) is 0. The Kier molecular flexibility index (Phi) is 5.92. The average molecular weight is 201 g/mol. The minimum Gasteiger partial charge on any atom is -0.481 e. The van der Waals surface area contributed by atoms with Crippen molar-refractivity contribution in [2.45, 2.75) is 46.1 Å². The van der Waals surface area contributed by atoms with E-state index in [1.165, 1.54) is 6.92 Å². The Balaban J connectivity index is 4.40. The van der Waals surface area contributed by atoms with Crippen molar-refractivity contribution in [1.29, 1.82) is 0 Å². The maximum absolute atomic E-state index is 10.9. The van der Waals surface area contributed by atoms with Crippen molar-refractivity contribution in [1.82, 2.24) is 5.32 Å². The highest BCUT2D eigenvalue weighted by atomic mass is 16.4. The van der Waals surface area contributed by atoms with E-state index in [4.69, 9.17) is 5.11 Å². The molecule has 0 spiro atoms. The first-order valence-corrected chi connectivity index (χ1v) is 5.02. The second-order valence-corrected chi connectivity index (χ2v) is 3.45. The number of nitrogens with one attached hydrogen (secondary N) is 1. The van der Waals surface area contributed by atoms with Gasteiger partial charge in [0.05, 0.1) is 5.92 Å². The molecule has 0 aromatic heterocycles. The minimum absolute atomic E-state index is 0.167. The molecule has 0 aliphatic rings. The van der Waals surface area contributed by atoms with Gasteiger partial charge in [0.15, 0.2) is 0 Å². The molecule has 14 heavy (non-hydrogen) atoms. The summed E-state index contributed by atoms with van der Waals surface area (Å²) in [7, 11) is 0. The summed E-state index contributed by atoms with van der Waals surface area (Å²) < 4.78 is 0. The van der Waals surface area contributed by atoms with E-state index in [0.29, 0.717) is 12.8 Å². The zero-order valence-corrected chi connectivity index (χ0v) is 9.04.